The maximum atomic E-state index is 6.12. The quantitative estimate of drug-likeness (QED) is 0.236. The first-order valence-electron chi connectivity index (χ1n) is 10.2. The molecule has 5 nitrogen and oxygen atoms in total. The van der Waals surface area contributed by atoms with Crippen LogP contribution in [-0.4, -0.2) is 56.8 Å². The number of aliphatic imine (C=N–C) groups is 1. The van der Waals surface area contributed by atoms with E-state index in [0.29, 0.717) is 18.4 Å². The first kappa shape index (κ1) is 23.6. The minimum Gasteiger partial charge on any atom is -0.379 e. The van der Waals surface area contributed by atoms with Crippen molar-refractivity contribution in [2.24, 2.45) is 10.7 Å². The largest absolute Gasteiger partial charge is 0.379 e. The Labute approximate surface area is 191 Å². The van der Waals surface area contributed by atoms with Crippen molar-refractivity contribution in [2.45, 2.75) is 18.8 Å². The van der Waals surface area contributed by atoms with E-state index in [-0.39, 0.29) is 24.0 Å². The molecule has 2 aromatic carbocycles. The standard InChI is InChI=1S/C23H32N4O.HI/c24-23(25-12-7-13-27-14-16-28-17-15-27)26-19-22(21-10-5-2-6-11-21)18-20-8-3-1-4-9-20;/h1-6,8-11,22H,7,12-19H2,(H3,24,25,26);1H. The second-order valence-corrected chi connectivity index (χ2v) is 7.26. The summed E-state index contributed by atoms with van der Waals surface area (Å²) in [6, 6.07) is 21.2. The van der Waals surface area contributed by atoms with E-state index < -0.39 is 0 Å². The molecule has 0 spiro atoms. The van der Waals surface area contributed by atoms with Crippen LogP contribution in [-0.2, 0) is 11.2 Å². The molecular formula is C23H33IN4O. The Balaban J connectivity index is 0.00000300. The van der Waals surface area contributed by atoms with E-state index in [4.69, 9.17) is 10.5 Å². The van der Waals surface area contributed by atoms with Gasteiger partial charge in [0.25, 0.3) is 0 Å². The smallest absolute Gasteiger partial charge is 0.188 e. The van der Waals surface area contributed by atoms with Gasteiger partial charge in [-0.25, -0.2) is 0 Å². The van der Waals surface area contributed by atoms with Crippen molar-refractivity contribution in [3.8, 4) is 0 Å². The van der Waals surface area contributed by atoms with Crippen LogP contribution in [0.1, 0.15) is 23.5 Å². The molecule has 0 aliphatic carbocycles. The lowest BCUT2D eigenvalue weighted by molar-refractivity contribution is 0.0376. The molecule has 3 N–H and O–H groups in total. The zero-order chi connectivity index (χ0) is 19.4. The van der Waals surface area contributed by atoms with Crippen LogP contribution in [0.2, 0.25) is 0 Å². The second kappa shape index (κ2) is 13.6. The van der Waals surface area contributed by atoms with Gasteiger partial charge in [0.05, 0.1) is 13.2 Å². The first-order chi connectivity index (χ1) is 13.8. The van der Waals surface area contributed by atoms with E-state index in [1.165, 1.54) is 11.1 Å². The van der Waals surface area contributed by atoms with Gasteiger partial charge in [0.2, 0.25) is 0 Å². The van der Waals surface area contributed by atoms with Crippen LogP contribution in [0.4, 0.5) is 0 Å². The van der Waals surface area contributed by atoms with Crippen molar-refractivity contribution in [2.75, 3.05) is 45.9 Å². The van der Waals surface area contributed by atoms with E-state index in [1.807, 2.05) is 0 Å². The van der Waals surface area contributed by atoms with Gasteiger partial charge in [-0.1, -0.05) is 60.7 Å². The Bertz CT molecular complexity index is 705. The Kier molecular flexibility index (Phi) is 11.1. The summed E-state index contributed by atoms with van der Waals surface area (Å²) in [5.41, 5.74) is 8.74. The Hall–Kier alpha value is -1.64. The summed E-state index contributed by atoms with van der Waals surface area (Å²) in [5, 5.41) is 3.26. The molecular weight excluding hydrogens is 475 g/mol. The van der Waals surface area contributed by atoms with Gasteiger partial charge in [0.15, 0.2) is 5.96 Å². The number of nitrogens with zero attached hydrogens (tertiary/aromatic N) is 2. The van der Waals surface area contributed by atoms with Crippen LogP contribution in [0.3, 0.4) is 0 Å². The van der Waals surface area contributed by atoms with E-state index in [9.17, 15) is 0 Å². The minimum atomic E-state index is 0. The van der Waals surface area contributed by atoms with E-state index in [2.05, 4.69) is 75.9 Å². The number of hydrogen-bond donors (Lipinski definition) is 2. The number of nitrogens with one attached hydrogen (secondary N) is 1. The third-order valence-electron chi connectivity index (χ3n) is 5.14. The van der Waals surface area contributed by atoms with Crippen molar-refractivity contribution in [3.05, 3.63) is 71.8 Å². The summed E-state index contributed by atoms with van der Waals surface area (Å²) in [6.07, 6.45) is 2.01. The molecule has 1 aliphatic heterocycles. The molecule has 158 valence electrons. The van der Waals surface area contributed by atoms with E-state index >= 15 is 0 Å². The van der Waals surface area contributed by atoms with Crippen molar-refractivity contribution in [3.63, 3.8) is 0 Å². The molecule has 2 aromatic rings. The van der Waals surface area contributed by atoms with Crippen molar-refractivity contribution >= 4 is 29.9 Å². The topological polar surface area (TPSA) is 62.9 Å². The highest BCUT2D eigenvalue weighted by Crippen LogP contribution is 2.21. The Morgan fingerprint density at radius 1 is 1.03 bits per heavy atom. The normalized spacial score (nSPS) is 16.1. The van der Waals surface area contributed by atoms with Gasteiger partial charge in [-0.05, 0) is 30.5 Å². The monoisotopic (exact) mass is 508 g/mol. The fourth-order valence-corrected chi connectivity index (χ4v) is 3.52. The molecule has 6 heteroatoms. The lowest BCUT2D eigenvalue weighted by Gasteiger charge is -2.26. The summed E-state index contributed by atoms with van der Waals surface area (Å²) in [6.45, 7) is 6.36. The third kappa shape index (κ3) is 8.72. The molecule has 1 saturated heterocycles. The maximum absolute atomic E-state index is 6.12. The first-order valence-corrected chi connectivity index (χ1v) is 10.2. The third-order valence-corrected chi connectivity index (χ3v) is 5.14. The van der Waals surface area contributed by atoms with E-state index in [0.717, 1.165) is 52.2 Å². The van der Waals surface area contributed by atoms with E-state index in [1.54, 1.807) is 0 Å². The molecule has 1 atom stereocenters. The molecule has 3 rings (SSSR count). The average Bonchev–Trinajstić information content (AvgIpc) is 2.76. The molecule has 1 unspecified atom stereocenters. The number of ether oxygens (including phenoxy) is 1. The maximum Gasteiger partial charge on any atom is 0.188 e. The molecule has 1 aliphatic rings. The van der Waals surface area contributed by atoms with Gasteiger partial charge < -0.3 is 15.8 Å². The highest BCUT2D eigenvalue weighted by atomic mass is 127. The fraction of sp³-hybridized carbons (Fsp3) is 0.435. The van der Waals surface area contributed by atoms with Gasteiger partial charge >= 0.3 is 0 Å². The highest BCUT2D eigenvalue weighted by Gasteiger charge is 2.12. The van der Waals surface area contributed by atoms with Crippen molar-refractivity contribution in [1.82, 2.24) is 10.2 Å². The van der Waals surface area contributed by atoms with Crippen LogP contribution >= 0.6 is 24.0 Å². The Morgan fingerprint density at radius 3 is 2.38 bits per heavy atom. The zero-order valence-electron chi connectivity index (χ0n) is 17.0. The van der Waals surface area contributed by atoms with Crippen molar-refractivity contribution < 1.29 is 4.74 Å². The molecule has 1 fully saturated rings. The number of benzene rings is 2. The van der Waals surface area contributed by atoms with Gasteiger partial charge in [-0.15, -0.1) is 24.0 Å². The minimum absolute atomic E-state index is 0. The average molecular weight is 508 g/mol. The number of rotatable bonds is 9. The molecule has 0 radical (unpaired) electrons. The molecule has 0 saturated carbocycles. The summed E-state index contributed by atoms with van der Waals surface area (Å²) >= 11 is 0. The van der Waals surface area contributed by atoms with Crippen LogP contribution in [0.15, 0.2) is 65.7 Å². The number of nitrogens with two attached hydrogens (primary N) is 1. The van der Waals surface area contributed by atoms with Crippen LogP contribution < -0.4 is 11.1 Å². The zero-order valence-corrected chi connectivity index (χ0v) is 19.3. The predicted octanol–water partition coefficient (Wildman–Crippen LogP) is 3.26. The number of guanidine groups is 1. The van der Waals surface area contributed by atoms with Gasteiger partial charge in [0.1, 0.15) is 0 Å². The summed E-state index contributed by atoms with van der Waals surface area (Å²) in [4.78, 5) is 7.07. The predicted molar refractivity (Wildman–Crippen MR) is 131 cm³/mol. The number of hydrogen-bond acceptors (Lipinski definition) is 3. The lowest BCUT2D eigenvalue weighted by atomic mass is 9.92. The van der Waals surface area contributed by atoms with Crippen LogP contribution in [0, 0.1) is 0 Å². The lowest BCUT2D eigenvalue weighted by Crippen LogP contribution is -2.39. The highest BCUT2D eigenvalue weighted by molar-refractivity contribution is 14.0. The number of halogens is 1. The summed E-state index contributed by atoms with van der Waals surface area (Å²) in [5.74, 6) is 0.855. The van der Waals surface area contributed by atoms with Gasteiger partial charge in [-0.3, -0.25) is 9.89 Å². The molecule has 0 aromatic heterocycles. The SMILES string of the molecule is I.NC(=NCC(Cc1ccccc1)c1ccccc1)NCCCN1CCOCC1. The van der Waals surface area contributed by atoms with Gasteiger partial charge in [0, 0.05) is 32.1 Å². The molecule has 29 heavy (non-hydrogen) atoms. The second-order valence-electron chi connectivity index (χ2n) is 7.26. The molecule has 0 amide bonds. The van der Waals surface area contributed by atoms with Crippen molar-refractivity contribution in [1.29, 1.82) is 0 Å². The molecule has 1 heterocycles. The summed E-state index contributed by atoms with van der Waals surface area (Å²) in [7, 11) is 0. The van der Waals surface area contributed by atoms with Crippen LogP contribution in [0.25, 0.3) is 0 Å². The fourth-order valence-electron chi connectivity index (χ4n) is 3.52. The molecule has 0 bridgehead atoms. The number of morpholine rings is 1. The summed E-state index contributed by atoms with van der Waals surface area (Å²) < 4.78 is 5.38. The van der Waals surface area contributed by atoms with Gasteiger partial charge in [-0.2, -0.15) is 0 Å². The Morgan fingerprint density at radius 2 is 1.69 bits per heavy atom. The van der Waals surface area contributed by atoms with Crippen LogP contribution in [0.5, 0.6) is 0 Å².